The minimum atomic E-state index is -3.54. The standard InChI is InChI=1S/C16H22ClNO4S/c1-22-15-7-6-13(10-14(15)17)23(20,21)9-8-16(19)18-11-12-4-2-3-5-12/h6-7,10,12H,2-5,8-9,11H2,1H3,(H,18,19). The second-order valence-corrected chi connectivity index (χ2v) is 8.34. The summed E-state index contributed by atoms with van der Waals surface area (Å²) in [5, 5.41) is 3.06. The van der Waals surface area contributed by atoms with Gasteiger partial charge in [-0.15, -0.1) is 0 Å². The van der Waals surface area contributed by atoms with Crippen LogP contribution in [0.15, 0.2) is 23.1 Å². The van der Waals surface area contributed by atoms with Gasteiger partial charge >= 0.3 is 0 Å². The van der Waals surface area contributed by atoms with Gasteiger partial charge < -0.3 is 10.1 Å². The SMILES string of the molecule is COc1ccc(S(=O)(=O)CCC(=O)NCC2CCCC2)cc1Cl. The van der Waals surface area contributed by atoms with Crippen LogP contribution in [0.2, 0.25) is 5.02 Å². The maximum atomic E-state index is 12.3. The predicted molar refractivity (Wildman–Crippen MR) is 89.6 cm³/mol. The Morgan fingerprint density at radius 2 is 2.04 bits per heavy atom. The minimum absolute atomic E-state index is 0.0430. The molecule has 2 rings (SSSR count). The molecule has 0 bridgehead atoms. The number of methoxy groups -OCH3 is 1. The third-order valence-electron chi connectivity index (χ3n) is 4.14. The molecule has 1 amide bonds. The molecule has 1 saturated carbocycles. The van der Waals surface area contributed by atoms with Gasteiger partial charge in [-0.3, -0.25) is 4.79 Å². The number of hydrogen-bond donors (Lipinski definition) is 1. The van der Waals surface area contributed by atoms with E-state index in [1.54, 1.807) is 0 Å². The first kappa shape index (κ1) is 18.1. The molecule has 1 N–H and O–H groups in total. The van der Waals surface area contributed by atoms with Crippen molar-refractivity contribution in [3.8, 4) is 5.75 Å². The summed E-state index contributed by atoms with van der Waals surface area (Å²) in [6.07, 6.45) is 4.67. The van der Waals surface area contributed by atoms with Crippen LogP contribution >= 0.6 is 11.6 Å². The van der Waals surface area contributed by atoms with Crippen molar-refractivity contribution < 1.29 is 17.9 Å². The van der Waals surface area contributed by atoms with E-state index >= 15 is 0 Å². The molecule has 0 unspecified atom stereocenters. The van der Waals surface area contributed by atoms with E-state index < -0.39 is 9.84 Å². The van der Waals surface area contributed by atoms with Crippen molar-refractivity contribution >= 4 is 27.3 Å². The topological polar surface area (TPSA) is 72.5 Å². The average molecular weight is 360 g/mol. The van der Waals surface area contributed by atoms with Gasteiger partial charge in [0.05, 0.1) is 22.8 Å². The quantitative estimate of drug-likeness (QED) is 0.812. The molecule has 5 nitrogen and oxygen atoms in total. The summed E-state index contributed by atoms with van der Waals surface area (Å²) in [6, 6.07) is 4.30. The molecule has 128 valence electrons. The van der Waals surface area contributed by atoms with Crippen LogP contribution in [0.3, 0.4) is 0 Å². The molecule has 23 heavy (non-hydrogen) atoms. The first-order valence-electron chi connectivity index (χ1n) is 7.75. The van der Waals surface area contributed by atoms with E-state index in [1.165, 1.54) is 38.2 Å². The molecule has 1 aromatic carbocycles. The van der Waals surface area contributed by atoms with E-state index in [1.807, 2.05) is 0 Å². The maximum absolute atomic E-state index is 12.3. The van der Waals surface area contributed by atoms with Crippen LogP contribution in [-0.2, 0) is 14.6 Å². The monoisotopic (exact) mass is 359 g/mol. The second kappa shape index (κ2) is 8.02. The lowest BCUT2D eigenvalue weighted by Gasteiger charge is -2.11. The highest BCUT2D eigenvalue weighted by atomic mass is 35.5. The van der Waals surface area contributed by atoms with Crippen LogP contribution in [0.1, 0.15) is 32.1 Å². The lowest BCUT2D eigenvalue weighted by atomic mass is 10.1. The zero-order valence-corrected chi connectivity index (χ0v) is 14.8. The summed E-state index contributed by atoms with van der Waals surface area (Å²) >= 11 is 5.95. The van der Waals surface area contributed by atoms with Gasteiger partial charge in [0.15, 0.2) is 9.84 Å². The maximum Gasteiger partial charge on any atom is 0.221 e. The average Bonchev–Trinajstić information content (AvgIpc) is 3.04. The van der Waals surface area contributed by atoms with E-state index in [0.717, 1.165) is 12.8 Å². The third kappa shape index (κ3) is 5.11. The third-order valence-corrected chi connectivity index (χ3v) is 6.15. The highest BCUT2D eigenvalue weighted by Gasteiger charge is 2.19. The number of benzene rings is 1. The highest BCUT2D eigenvalue weighted by Crippen LogP contribution is 2.27. The Morgan fingerprint density at radius 3 is 2.65 bits per heavy atom. The summed E-state index contributed by atoms with van der Waals surface area (Å²) in [4.78, 5) is 11.9. The number of ether oxygens (including phenoxy) is 1. The number of carbonyl (C=O) groups is 1. The number of nitrogens with one attached hydrogen (secondary N) is 1. The minimum Gasteiger partial charge on any atom is -0.495 e. The molecule has 0 atom stereocenters. The molecule has 1 aliphatic rings. The molecule has 0 aromatic heterocycles. The van der Waals surface area contributed by atoms with Crippen molar-refractivity contribution in [1.29, 1.82) is 0 Å². The Balaban J connectivity index is 1.87. The summed E-state index contributed by atoms with van der Waals surface area (Å²) in [6.45, 7) is 0.646. The number of carbonyl (C=O) groups excluding carboxylic acids is 1. The van der Waals surface area contributed by atoms with E-state index in [9.17, 15) is 13.2 Å². The Morgan fingerprint density at radius 1 is 1.35 bits per heavy atom. The lowest BCUT2D eigenvalue weighted by Crippen LogP contribution is -2.29. The normalized spacial score (nSPS) is 15.6. The van der Waals surface area contributed by atoms with Crippen LogP contribution in [0, 0.1) is 5.92 Å². The fraction of sp³-hybridized carbons (Fsp3) is 0.562. The Labute approximate surface area is 142 Å². The zero-order valence-electron chi connectivity index (χ0n) is 13.2. The lowest BCUT2D eigenvalue weighted by molar-refractivity contribution is -0.120. The molecular weight excluding hydrogens is 338 g/mol. The molecule has 1 fully saturated rings. The molecule has 7 heteroatoms. The van der Waals surface area contributed by atoms with Gasteiger partial charge in [0.25, 0.3) is 0 Å². The highest BCUT2D eigenvalue weighted by molar-refractivity contribution is 7.91. The van der Waals surface area contributed by atoms with Crippen molar-refractivity contribution in [1.82, 2.24) is 5.32 Å². The van der Waals surface area contributed by atoms with Crippen LogP contribution in [0.25, 0.3) is 0 Å². The van der Waals surface area contributed by atoms with Crippen LogP contribution in [0.5, 0.6) is 5.75 Å². The van der Waals surface area contributed by atoms with E-state index in [2.05, 4.69) is 5.32 Å². The molecule has 1 aliphatic carbocycles. The molecular formula is C16H22ClNO4S. The van der Waals surface area contributed by atoms with E-state index in [0.29, 0.717) is 18.2 Å². The van der Waals surface area contributed by atoms with E-state index in [-0.39, 0.29) is 28.0 Å². The van der Waals surface area contributed by atoms with Gasteiger partial charge in [0.1, 0.15) is 5.75 Å². The summed E-state index contributed by atoms with van der Waals surface area (Å²) < 4.78 is 29.5. The fourth-order valence-electron chi connectivity index (χ4n) is 2.75. The van der Waals surface area contributed by atoms with Crippen LogP contribution in [0.4, 0.5) is 0 Å². The smallest absolute Gasteiger partial charge is 0.221 e. The van der Waals surface area contributed by atoms with E-state index in [4.69, 9.17) is 16.3 Å². The summed E-state index contributed by atoms with van der Waals surface area (Å²) in [7, 11) is -2.08. The van der Waals surface area contributed by atoms with Crippen LogP contribution in [-0.4, -0.2) is 33.7 Å². The fourth-order valence-corrected chi connectivity index (χ4v) is 4.33. The van der Waals surface area contributed by atoms with Crippen molar-refractivity contribution in [3.63, 3.8) is 0 Å². The number of rotatable bonds is 7. The predicted octanol–water partition coefficient (Wildman–Crippen LogP) is 2.82. The summed E-state index contributed by atoms with van der Waals surface area (Å²) in [5.41, 5.74) is 0. The van der Waals surface area contributed by atoms with Gasteiger partial charge in [0, 0.05) is 13.0 Å². The largest absolute Gasteiger partial charge is 0.495 e. The Kier molecular flexibility index (Phi) is 6.30. The molecule has 0 spiro atoms. The summed E-state index contributed by atoms with van der Waals surface area (Å²) in [5.74, 6) is 0.502. The van der Waals surface area contributed by atoms with Gasteiger partial charge in [0.2, 0.25) is 5.91 Å². The van der Waals surface area contributed by atoms with Gasteiger partial charge in [-0.05, 0) is 37.0 Å². The molecule has 0 heterocycles. The van der Waals surface area contributed by atoms with Crippen molar-refractivity contribution in [3.05, 3.63) is 23.2 Å². The number of amides is 1. The first-order chi connectivity index (χ1) is 10.9. The first-order valence-corrected chi connectivity index (χ1v) is 9.78. The van der Waals surface area contributed by atoms with Crippen LogP contribution < -0.4 is 10.1 Å². The Hall–Kier alpha value is -1.27. The molecule has 0 radical (unpaired) electrons. The molecule has 1 aromatic rings. The van der Waals surface area contributed by atoms with Crippen molar-refractivity contribution in [2.75, 3.05) is 19.4 Å². The zero-order chi connectivity index (χ0) is 16.9. The van der Waals surface area contributed by atoms with Gasteiger partial charge in [-0.2, -0.15) is 0 Å². The van der Waals surface area contributed by atoms with Gasteiger partial charge in [-0.1, -0.05) is 24.4 Å². The Bertz CT molecular complexity index is 654. The number of sulfone groups is 1. The van der Waals surface area contributed by atoms with Crippen molar-refractivity contribution in [2.45, 2.75) is 37.0 Å². The number of halogens is 1. The number of hydrogen-bond acceptors (Lipinski definition) is 4. The van der Waals surface area contributed by atoms with Crippen molar-refractivity contribution in [2.24, 2.45) is 5.92 Å². The second-order valence-electron chi connectivity index (χ2n) is 5.82. The molecule has 0 aliphatic heterocycles. The van der Waals surface area contributed by atoms with Gasteiger partial charge in [-0.25, -0.2) is 8.42 Å². The molecule has 0 saturated heterocycles.